The first-order valence-corrected chi connectivity index (χ1v) is 10.1. The summed E-state index contributed by atoms with van der Waals surface area (Å²) < 4.78 is 20.4. The Hall–Kier alpha value is -2.45. The summed E-state index contributed by atoms with van der Waals surface area (Å²) in [5.74, 6) is -1.20. The van der Waals surface area contributed by atoms with Crippen molar-refractivity contribution < 1.29 is 18.7 Å². The second-order valence-electron chi connectivity index (χ2n) is 5.69. The molecule has 8 heteroatoms. The van der Waals surface area contributed by atoms with Gasteiger partial charge in [0.25, 0.3) is 5.91 Å². The molecule has 0 fully saturated rings. The number of nitrogens with zero attached hydrogens (tertiary/aromatic N) is 2. The molecule has 0 aliphatic rings. The van der Waals surface area contributed by atoms with Crippen molar-refractivity contribution in [1.29, 1.82) is 0 Å². The van der Waals surface area contributed by atoms with Crippen molar-refractivity contribution in [2.45, 2.75) is 17.9 Å². The van der Waals surface area contributed by atoms with Crippen molar-refractivity contribution >= 4 is 45.2 Å². The highest BCUT2D eigenvalue weighted by Gasteiger charge is 2.12. The molecule has 0 atom stereocenters. The second-order valence-corrected chi connectivity index (χ2v) is 7.58. The monoisotopic (exact) mass is 404 g/mol. The fourth-order valence-corrected chi connectivity index (χ4v) is 4.02. The average molecular weight is 404 g/mol. The van der Waals surface area contributed by atoms with Crippen LogP contribution in [0.4, 0.5) is 4.39 Å². The highest BCUT2D eigenvalue weighted by atomic mass is 32.2. The number of esters is 1. The molecule has 0 unspecified atom stereocenters. The van der Waals surface area contributed by atoms with E-state index < -0.39 is 5.97 Å². The summed E-state index contributed by atoms with van der Waals surface area (Å²) in [5, 5.41) is 0. The van der Waals surface area contributed by atoms with Crippen LogP contribution in [0.25, 0.3) is 10.2 Å². The SMILES string of the molecule is COC(=O)Cn1c(=NC(=O)Cc2ccc(SC)cc2)sc2cc(F)ccc21. The zero-order valence-electron chi connectivity index (χ0n) is 14.8. The standard InChI is InChI=1S/C19H17FN2O3S2/c1-25-18(24)11-22-15-8-5-13(20)10-16(15)27-19(22)21-17(23)9-12-3-6-14(26-2)7-4-12/h3-8,10H,9,11H2,1-2H3. The number of ether oxygens (including phenoxy) is 1. The van der Waals surface area contributed by atoms with Crippen LogP contribution in [-0.4, -0.2) is 29.8 Å². The number of carbonyl (C=O) groups is 2. The van der Waals surface area contributed by atoms with E-state index in [1.54, 1.807) is 22.4 Å². The lowest BCUT2D eigenvalue weighted by molar-refractivity contribution is -0.141. The molecule has 1 aromatic heterocycles. The van der Waals surface area contributed by atoms with Gasteiger partial charge < -0.3 is 9.30 Å². The molecule has 0 aliphatic heterocycles. The van der Waals surface area contributed by atoms with Crippen molar-refractivity contribution in [2.75, 3.05) is 13.4 Å². The molecule has 0 N–H and O–H groups in total. The average Bonchev–Trinajstić information content (AvgIpc) is 2.98. The van der Waals surface area contributed by atoms with E-state index in [1.807, 2.05) is 30.5 Å². The quantitative estimate of drug-likeness (QED) is 0.483. The number of carbonyl (C=O) groups excluding carboxylic acids is 2. The Morgan fingerprint density at radius 3 is 2.63 bits per heavy atom. The molecular weight excluding hydrogens is 387 g/mol. The van der Waals surface area contributed by atoms with Gasteiger partial charge in [-0.1, -0.05) is 23.5 Å². The molecule has 0 aliphatic carbocycles. The lowest BCUT2D eigenvalue weighted by atomic mass is 10.1. The molecular formula is C19H17FN2O3S2. The molecule has 3 aromatic rings. The number of halogens is 1. The third-order valence-electron chi connectivity index (χ3n) is 3.89. The zero-order chi connectivity index (χ0) is 19.4. The van der Waals surface area contributed by atoms with E-state index in [0.717, 1.165) is 21.8 Å². The van der Waals surface area contributed by atoms with Crippen LogP contribution in [0.2, 0.25) is 0 Å². The van der Waals surface area contributed by atoms with Gasteiger partial charge in [0.1, 0.15) is 12.4 Å². The Bertz CT molecular complexity index is 1050. The summed E-state index contributed by atoms with van der Waals surface area (Å²) >= 11 is 2.79. The van der Waals surface area contributed by atoms with Crippen LogP contribution in [0.15, 0.2) is 52.4 Å². The first-order valence-electron chi connectivity index (χ1n) is 8.06. The first kappa shape index (κ1) is 19.3. The molecule has 5 nitrogen and oxygen atoms in total. The molecule has 0 saturated carbocycles. The van der Waals surface area contributed by atoms with E-state index in [0.29, 0.717) is 15.0 Å². The van der Waals surface area contributed by atoms with Gasteiger partial charge in [0, 0.05) is 4.90 Å². The number of amides is 1. The lowest BCUT2D eigenvalue weighted by Crippen LogP contribution is -2.22. The summed E-state index contributed by atoms with van der Waals surface area (Å²) in [5.41, 5.74) is 1.48. The summed E-state index contributed by atoms with van der Waals surface area (Å²) in [4.78, 5) is 29.8. The van der Waals surface area contributed by atoms with Crippen LogP contribution < -0.4 is 4.80 Å². The Labute approximate surface area is 163 Å². The molecule has 2 aromatic carbocycles. The molecule has 140 valence electrons. The number of thioether (sulfide) groups is 1. The number of hydrogen-bond acceptors (Lipinski definition) is 5. The minimum atomic E-state index is -0.472. The minimum absolute atomic E-state index is 0.101. The maximum absolute atomic E-state index is 13.5. The third-order valence-corrected chi connectivity index (χ3v) is 5.68. The maximum Gasteiger partial charge on any atom is 0.325 e. The van der Waals surface area contributed by atoms with Crippen LogP contribution in [-0.2, 0) is 27.3 Å². The van der Waals surface area contributed by atoms with Gasteiger partial charge in [0.05, 0.1) is 23.7 Å². The van der Waals surface area contributed by atoms with Gasteiger partial charge in [-0.25, -0.2) is 4.39 Å². The molecule has 1 amide bonds. The highest BCUT2D eigenvalue weighted by molar-refractivity contribution is 7.98. The van der Waals surface area contributed by atoms with Gasteiger partial charge in [0.2, 0.25) is 0 Å². The van der Waals surface area contributed by atoms with Gasteiger partial charge >= 0.3 is 5.97 Å². The Kier molecular flexibility index (Phi) is 6.08. The predicted octanol–water partition coefficient (Wildman–Crippen LogP) is 3.41. The maximum atomic E-state index is 13.5. The van der Waals surface area contributed by atoms with E-state index in [9.17, 15) is 14.0 Å². The van der Waals surface area contributed by atoms with Crippen LogP contribution in [0, 0.1) is 5.82 Å². The fraction of sp³-hybridized carbons (Fsp3) is 0.211. The number of methoxy groups -OCH3 is 1. The van der Waals surface area contributed by atoms with Gasteiger partial charge in [-0.2, -0.15) is 4.99 Å². The normalized spacial score (nSPS) is 11.7. The molecule has 0 spiro atoms. The molecule has 3 rings (SSSR count). The van der Waals surface area contributed by atoms with E-state index in [1.165, 1.54) is 19.2 Å². The topological polar surface area (TPSA) is 60.7 Å². The molecule has 1 heterocycles. The van der Waals surface area contributed by atoms with Gasteiger partial charge in [0.15, 0.2) is 4.80 Å². The smallest absolute Gasteiger partial charge is 0.325 e. The molecule has 0 radical (unpaired) electrons. The zero-order valence-corrected chi connectivity index (χ0v) is 16.4. The molecule has 0 bridgehead atoms. The van der Waals surface area contributed by atoms with Crippen molar-refractivity contribution in [2.24, 2.45) is 4.99 Å². The number of hydrogen-bond donors (Lipinski definition) is 0. The molecule has 0 saturated heterocycles. The first-order chi connectivity index (χ1) is 13.0. The van der Waals surface area contributed by atoms with Crippen molar-refractivity contribution in [3.05, 3.63) is 58.6 Å². The van der Waals surface area contributed by atoms with Crippen LogP contribution in [0.5, 0.6) is 0 Å². The Morgan fingerprint density at radius 2 is 1.96 bits per heavy atom. The van der Waals surface area contributed by atoms with E-state index in [4.69, 9.17) is 4.74 Å². The highest BCUT2D eigenvalue weighted by Crippen LogP contribution is 2.19. The summed E-state index contributed by atoms with van der Waals surface area (Å²) in [6.07, 6.45) is 2.13. The predicted molar refractivity (Wildman–Crippen MR) is 104 cm³/mol. The third kappa shape index (κ3) is 4.64. The lowest BCUT2D eigenvalue weighted by Gasteiger charge is -2.03. The van der Waals surface area contributed by atoms with Crippen LogP contribution in [0.3, 0.4) is 0 Å². The van der Waals surface area contributed by atoms with Gasteiger partial charge in [-0.15, -0.1) is 11.8 Å². The number of rotatable bonds is 5. The van der Waals surface area contributed by atoms with Gasteiger partial charge in [-0.05, 0) is 42.2 Å². The summed E-state index contributed by atoms with van der Waals surface area (Å²) in [6.45, 7) is -0.101. The minimum Gasteiger partial charge on any atom is -0.468 e. The number of thiazole rings is 1. The van der Waals surface area contributed by atoms with E-state index >= 15 is 0 Å². The van der Waals surface area contributed by atoms with E-state index in [2.05, 4.69) is 4.99 Å². The van der Waals surface area contributed by atoms with Crippen molar-refractivity contribution in [3.8, 4) is 0 Å². The summed E-state index contributed by atoms with van der Waals surface area (Å²) in [6, 6.07) is 11.9. The Morgan fingerprint density at radius 1 is 1.22 bits per heavy atom. The number of benzene rings is 2. The summed E-state index contributed by atoms with van der Waals surface area (Å²) in [7, 11) is 1.29. The van der Waals surface area contributed by atoms with E-state index in [-0.39, 0.29) is 24.7 Å². The number of aromatic nitrogens is 1. The molecule has 27 heavy (non-hydrogen) atoms. The Balaban J connectivity index is 1.96. The van der Waals surface area contributed by atoms with Crippen molar-refractivity contribution in [3.63, 3.8) is 0 Å². The largest absolute Gasteiger partial charge is 0.468 e. The van der Waals surface area contributed by atoms with Crippen LogP contribution in [0.1, 0.15) is 5.56 Å². The van der Waals surface area contributed by atoms with Crippen molar-refractivity contribution in [1.82, 2.24) is 4.57 Å². The second kappa shape index (κ2) is 8.49. The van der Waals surface area contributed by atoms with Gasteiger partial charge in [-0.3, -0.25) is 9.59 Å². The van der Waals surface area contributed by atoms with Crippen LogP contribution >= 0.6 is 23.1 Å². The fourth-order valence-electron chi connectivity index (χ4n) is 2.54. The number of fused-ring (bicyclic) bond motifs is 1.